The van der Waals surface area contributed by atoms with Crippen molar-refractivity contribution in [1.29, 1.82) is 0 Å². The Balaban J connectivity index is 1.60. The summed E-state index contributed by atoms with van der Waals surface area (Å²) in [4.78, 5) is 16.3. The maximum Gasteiger partial charge on any atom is 0.338 e. The van der Waals surface area contributed by atoms with Crippen LogP contribution in [0.15, 0.2) is 64.3 Å². The number of carbonyl (C=O) groups is 1. The molecule has 1 aromatic heterocycles. The summed E-state index contributed by atoms with van der Waals surface area (Å²) < 4.78 is 6.03. The highest BCUT2D eigenvalue weighted by Crippen LogP contribution is 2.30. The second-order valence-electron chi connectivity index (χ2n) is 5.07. The van der Waals surface area contributed by atoms with Gasteiger partial charge in [0.1, 0.15) is 0 Å². The van der Waals surface area contributed by atoms with Gasteiger partial charge in [-0.1, -0.05) is 54.2 Å². The van der Waals surface area contributed by atoms with E-state index >= 15 is 0 Å². The summed E-state index contributed by atoms with van der Waals surface area (Å²) in [6.07, 6.45) is 0. The van der Waals surface area contributed by atoms with Crippen LogP contribution in [0.1, 0.15) is 22.8 Å². The molecule has 5 heteroatoms. The van der Waals surface area contributed by atoms with Gasteiger partial charge in [0.05, 0.1) is 17.9 Å². The van der Waals surface area contributed by atoms with Crippen LogP contribution in [-0.2, 0) is 10.5 Å². The minimum atomic E-state index is -0.274. The van der Waals surface area contributed by atoms with Gasteiger partial charge in [-0.2, -0.15) is 0 Å². The molecule has 0 aliphatic heterocycles. The molecule has 3 aromatic rings. The van der Waals surface area contributed by atoms with E-state index in [2.05, 4.69) is 22.5 Å². The predicted molar refractivity (Wildman–Crippen MR) is 99.5 cm³/mol. The van der Waals surface area contributed by atoms with Crippen LogP contribution in [0.25, 0.3) is 11.3 Å². The number of aromatic nitrogens is 1. The SMILES string of the molecule is CCOC(=O)c1ccc(CSc2nc(-c3ccccc3)cs2)cc1. The highest BCUT2D eigenvalue weighted by atomic mass is 32.2. The normalized spacial score (nSPS) is 10.5. The summed E-state index contributed by atoms with van der Waals surface area (Å²) in [7, 11) is 0. The van der Waals surface area contributed by atoms with Crippen LogP contribution in [0.4, 0.5) is 0 Å². The van der Waals surface area contributed by atoms with E-state index in [1.807, 2.05) is 42.5 Å². The maximum atomic E-state index is 11.6. The van der Waals surface area contributed by atoms with E-state index in [0.29, 0.717) is 12.2 Å². The molecule has 0 fully saturated rings. The molecule has 0 radical (unpaired) electrons. The van der Waals surface area contributed by atoms with E-state index in [1.54, 1.807) is 30.0 Å². The topological polar surface area (TPSA) is 39.2 Å². The van der Waals surface area contributed by atoms with Crippen LogP contribution in [0.2, 0.25) is 0 Å². The molecule has 0 N–H and O–H groups in total. The number of nitrogens with zero attached hydrogens (tertiary/aromatic N) is 1. The van der Waals surface area contributed by atoms with Gasteiger partial charge < -0.3 is 4.74 Å². The zero-order chi connectivity index (χ0) is 16.8. The van der Waals surface area contributed by atoms with Crippen molar-refractivity contribution >= 4 is 29.1 Å². The molecule has 0 unspecified atom stereocenters. The molecule has 3 nitrogen and oxygen atoms in total. The van der Waals surface area contributed by atoms with Crippen molar-refractivity contribution in [3.05, 3.63) is 71.1 Å². The van der Waals surface area contributed by atoms with Gasteiger partial charge in [0.15, 0.2) is 4.34 Å². The van der Waals surface area contributed by atoms with Gasteiger partial charge in [0.25, 0.3) is 0 Å². The van der Waals surface area contributed by atoms with Gasteiger partial charge in [-0.15, -0.1) is 11.3 Å². The largest absolute Gasteiger partial charge is 0.462 e. The molecule has 3 rings (SSSR count). The summed E-state index contributed by atoms with van der Waals surface area (Å²) in [5.41, 5.74) is 3.90. The Bertz CT molecular complexity index is 798. The summed E-state index contributed by atoms with van der Waals surface area (Å²) in [6, 6.07) is 17.7. The number of benzene rings is 2. The standard InChI is InChI=1S/C19H17NO2S2/c1-2-22-18(21)16-10-8-14(9-11-16)12-23-19-20-17(13-24-19)15-6-4-3-5-7-15/h3-11,13H,2,12H2,1H3. The second-order valence-corrected chi connectivity index (χ2v) is 7.15. The average molecular weight is 355 g/mol. The maximum absolute atomic E-state index is 11.6. The van der Waals surface area contributed by atoms with Crippen molar-refractivity contribution in [2.24, 2.45) is 0 Å². The third kappa shape index (κ3) is 4.24. The molecular formula is C19H17NO2S2. The Morgan fingerprint density at radius 3 is 2.58 bits per heavy atom. The van der Waals surface area contributed by atoms with Crippen LogP contribution in [-0.4, -0.2) is 17.6 Å². The average Bonchev–Trinajstić information content (AvgIpc) is 3.10. The molecule has 0 saturated carbocycles. The van der Waals surface area contributed by atoms with Gasteiger partial charge >= 0.3 is 5.97 Å². The third-order valence-corrected chi connectivity index (χ3v) is 5.47. The molecule has 0 spiro atoms. The van der Waals surface area contributed by atoms with Crippen LogP contribution >= 0.6 is 23.1 Å². The first-order chi connectivity index (χ1) is 11.8. The summed E-state index contributed by atoms with van der Waals surface area (Å²) >= 11 is 3.36. The molecule has 24 heavy (non-hydrogen) atoms. The highest BCUT2D eigenvalue weighted by molar-refractivity contribution is 8.00. The first-order valence-corrected chi connectivity index (χ1v) is 9.52. The Hall–Kier alpha value is -2.11. The van der Waals surface area contributed by atoms with Gasteiger partial charge in [-0.3, -0.25) is 0 Å². The molecule has 0 aliphatic rings. The molecule has 122 valence electrons. The van der Waals surface area contributed by atoms with Crippen molar-refractivity contribution in [3.8, 4) is 11.3 Å². The zero-order valence-electron chi connectivity index (χ0n) is 13.3. The fourth-order valence-corrected chi connectivity index (χ4v) is 3.95. The number of hydrogen-bond acceptors (Lipinski definition) is 5. The molecule has 0 bridgehead atoms. The number of carbonyl (C=O) groups excluding carboxylic acids is 1. The first kappa shape index (κ1) is 16.7. The highest BCUT2D eigenvalue weighted by Gasteiger charge is 2.07. The van der Waals surface area contributed by atoms with Crippen molar-refractivity contribution < 1.29 is 9.53 Å². The van der Waals surface area contributed by atoms with Gasteiger partial charge in [0.2, 0.25) is 0 Å². The van der Waals surface area contributed by atoms with E-state index in [1.165, 1.54) is 0 Å². The van der Waals surface area contributed by atoms with Crippen molar-refractivity contribution in [2.45, 2.75) is 17.0 Å². The van der Waals surface area contributed by atoms with Gasteiger partial charge in [-0.25, -0.2) is 9.78 Å². The van der Waals surface area contributed by atoms with Crippen molar-refractivity contribution in [2.75, 3.05) is 6.61 Å². The van der Waals surface area contributed by atoms with E-state index in [9.17, 15) is 4.79 Å². The lowest BCUT2D eigenvalue weighted by Crippen LogP contribution is -2.04. The molecule has 2 aromatic carbocycles. The van der Waals surface area contributed by atoms with Crippen LogP contribution in [0.5, 0.6) is 0 Å². The fourth-order valence-electron chi connectivity index (χ4n) is 2.16. The Morgan fingerprint density at radius 2 is 1.88 bits per heavy atom. The predicted octanol–water partition coefficient (Wildman–Crippen LogP) is 5.28. The van der Waals surface area contributed by atoms with E-state index in [4.69, 9.17) is 4.74 Å². The first-order valence-electron chi connectivity index (χ1n) is 7.66. The van der Waals surface area contributed by atoms with Crippen LogP contribution < -0.4 is 0 Å². The van der Waals surface area contributed by atoms with Gasteiger partial charge in [0, 0.05) is 16.7 Å². The molecular weight excluding hydrogens is 338 g/mol. The third-order valence-electron chi connectivity index (χ3n) is 3.38. The van der Waals surface area contributed by atoms with E-state index < -0.39 is 0 Å². The molecule has 1 heterocycles. The molecule has 0 atom stereocenters. The van der Waals surface area contributed by atoms with E-state index in [0.717, 1.165) is 26.9 Å². The lowest BCUT2D eigenvalue weighted by molar-refractivity contribution is 0.0526. The monoisotopic (exact) mass is 355 g/mol. The molecule has 0 amide bonds. The number of thiazole rings is 1. The minimum absolute atomic E-state index is 0.274. The number of hydrogen-bond donors (Lipinski definition) is 0. The Kier molecular flexibility index (Phi) is 5.67. The Labute approximate surface area is 149 Å². The summed E-state index contributed by atoms with van der Waals surface area (Å²) in [6.45, 7) is 2.20. The quantitative estimate of drug-likeness (QED) is 0.445. The van der Waals surface area contributed by atoms with Crippen molar-refractivity contribution in [3.63, 3.8) is 0 Å². The summed E-state index contributed by atoms with van der Waals surface area (Å²) in [5.74, 6) is 0.550. The lowest BCUT2D eigenvalue weighted by Gasteiger charge is -2.03. The smallest absolute Gasteiger partial charge is 0.338 e. The van der Waals surface area contributed by atoms with E-state index in [-0.39, 0.29) is 5.97 Å². The number of esters is 1. The van der Waals surface area contributed by atoms with Gasteiger partial charge in [-0.05, 0) is 24.6 Å². The minimum Gasteiger partial charge on any atom is -0.462 e. The molecule has 0 saturated heterocycles. The summed E-state index contributed by atoms with van der Waals surface area (Å²) in [5, 5.41) is 2.08. The Morgan fingerprint density at radius 1 is 1.12 bits per heavy atom. The van der Waals surface area contributed by atoms with Crippen molar-refractivity contribution in [1.82, 2.24) is 4.98 Å². The van der Waals surface area contributed by atoms with Crippen LogP contribution in [0, 0.1) is 0 Å². The number of thioether (sulfide) groups is 1. The van der Waals surface area contributed by atoms with Crippen LogP contribution in [0.3, 0.4) is 0 Å². The zero-order valence-corrected chi connectivity index (χ0v) is 14.9. The number of rotatable bonds is 6. The second kappa shape index (κ2) is 8.13. The number of ether oxygens (including phenoxy) is 1. The fraction of sp³-hybridized carbons (Fsp3) is 0.158. The lowest BCUT2D eigenvalue weighted by atomic mass is 10.1. The molecule has 0 aliphatic carbocycles.